The first-order valence-corrected chi connectivity index (χ1v) is 7.45. The maximum Gasteiger partial charge on any atom is 0.314 e. The highest BCUT2D eigenvalue weighted by Gasteiger charge is 2.20. The van der Waals surface area contributed by atoms with Crippen molar-refractivity contribution < 1.29 is 14.7 Å². The number of rotatable bonds is 7. The van der Waals surface area contributed by atoms with Gasteiger partial charge >= 0.3 is 12.0 Å². The fourth-order valence-electron chi connectivity index (χ4n) is 2.75. The summed E-state index contributed by atoms with van der Waals surface area (Å²) in [6.07, 6.45) is 3.70. The van der Waals surface area contributed by atoms with Gasteiger partial charge < -0.3 is 15.7 Å². The number of carbonyl (C=O) groups excluding carboxylic acids is 1. The zero-order valence-electron chi connectivity index (χ0n) is 12.1. The van der Waals surface area contributed by atoms with Crippen molar-refractivity contribution in [2.75, 3.05) is 13.1 Å². The Labute approximate surface area is 124 Å². The number of aliphatic carboxylic acids is 1. The zero-order chi connectivity index (χ0) is 15.1. The van der Waals surface area contributed by atoms with Crippen LogP contribution < -0.4 is 10.6 Å². The molecule has 0 atom stereocenters. The smallest absolute Gasteiger partial charge is 0.314 e. The topological polar surface area (TPSA) is 78.4 Å². The highest BCUT2D eigenvalue weighted by molar-refractivity contribution is 5.73. The van der Waals surface area contributed by atoms with Crippen molar-refractivity contribution in [1.29, 1.82) is 0 Å². The molecule has 1 aliphatic rings. The van der Waals surface area contributed by atoms with Crippen molar-refractivity contribution in [2.45, 2.75) is 32.1 Å². The van der Waals surface area contributed by atoms with Crippen LogP contribution >= 0.6 is 0 Å². The molecule has 0 aromatic heterocycles. The summed E-state index contributed by atoms with van der Waals surface area (Å²) >= 11 is 0. The number of carboxylic acids is 1. The predicted molar refractivity (Wildman–Crippen MR) is 80.2 cm³/mol. The fourth-order valence-corrected chi connectivity index (χ4v) is 2.75. The Balaban J connectivity index is 1.56. The Hall–Kier alpha value is -2.04. The molecule has 0 saturated carbocycles. The van der Waals surface area contributed by atoms with Crippen LogP contribution in [0.3, 0.4) is 0 Å². The van der Waals surface area contributed by atoms with E-state index in [1.54, 1.807) is 0 Å². The van der Waals surface area contributed by atoms with Crippen molar-refractivity contribution in [3.63, 3.8) is 0 Å². The second kappa shape index (κ2) is 7.67. The molecule has 0 fully saturated rings. The fraction of sp³-hybridized carbons (Fsp3) is 0.500. The molecule has 21 heavy (non-hydrogen) atoms. The summed E-state index contributed by atoms with van der Waals surface area (Å²) in [5, 5.41) is 14.0. The van der Waals surface area contributed by atoms with E-state index >= 15 is 0 Å². The lowest BCUT2D eigenvalue weighted by Crippen LogP contribution is -2.37. The quantitative estimate of drug-likeness (QED) is 0.672. The van der Waals surface area contributed by atoms with Gasteiger partial charge in [0.1, 0.15) is 0 Å². The Bertz CT molecular complexity index is 477. The first-order chi connectivity index (χ1) is 10.1. The molecule has 2 rings (SSSR count). The summed E-state index contributed by atoms with van der Waals surface area (Å²) in [6.45, 7) is 1.05. The minimum absolute atomic E-state index is 0.0839. The average Bonchev–Trinajstić information content (AvgIpc) is 2.86. The van der Waals surface area contributed by atoms with Crippen LogP contribution in [-0.4, -0.2) is 30.2 Å². The molecule has 114 valence electrons. The number of hydrogen-bond donors (Lipinski definition) is 3. The molecule has 3 N–H and O–H groups in total. The molecule has 1 aromatic rings. The number of carboxylic acid groups (broad SMARTS) is 1. The van der Waals surface area contributed by atoms with Gasteiger partial charge in [0.05, 0.1) is 0 Å². The van der Waals surface area contributed by atoms with Gasteiger partial charge in [-0.3, -0.25) is 4.79 Å². The zero-order valence-corrected chi connectivity index (χ0v) is 12.1. The number of urea groups is 1. The minimum Gasteiger partial charge on any atom is -0.481 e. The summed E-state index contributed by atoms with van der Waals surface area (Å²) in [5.74, 6) is -0.229. The highest BCUT2D eigenvalue weighted by Crippen LogP contribution is 2.28. The van der Waals surface area contributed by atoms with Crippen molar-refractivity contribution in [1.82, 2.24) is 10.6 Å². The van der Waals surface area contributed by atoms with E-state index in [1.165, 1.54) is 11.1 Å². The summed E-state index contributed by atoms with van der Waals surface area (Å²) in [7, 11) is 0. The van der Waals surface area contributed by atoms with Crippen molar-refractivity contribution in [2.24, 2.45) is 5.92 Å². The lowest BCUT2D eigenvalue weighted by atomic mass is 10.0. The SMILES string of the molecule is O=C(O)CCCNC(=O)NCCC1Cc2ccccc2C1. The van der Waals surface area contributed by atoms with E-state index < -0.39 is 5.97 Å². The second-order valence-corrected chi connectivity index (χ2v) is 5.51. The largest absolute Gasteiger partial charge is 0.481 e. The van der Waals surface area contributed by atoms with Crippen LogP contribution in [0.15, 0.2) is 24.3 Å². The lowest BCUT2D eigenvalue weighted by molar-refractivity contribution is -0.137. The monoisotopic (exact) mass is 290 g/mol. The van der Waals surface area contributed by atoms with E-state index in [0.29, 0.717) is 25.4 Å². The molecule has 5 nitrogen and oxygen atoms in total. The molecule has 5 heteroatoms. The molecule has 1 aromatic carbocycles. The van der Waals surface area contributed by atoms with E-state index in [-0.39, 0.29) is 12.5 Å². The summed E-state index contributed by atoms with van der Waals surface area (Å²) in [6, 6.07) is 8.29. The first kappa shape index (κ1) is 15.4. The van der Waals surface area contributed by atoms with Crippen LogP contribution in [0.5, 0.6) is 0 Å². The Kier molecular flexibility index (Phi) is 5.60. The molecule has 0 unspecified atom stereocenters. The molecular weight excluding hydrogens is 268 g/mol. The first-order valence-electron chi connectivity index (χ1n) is 7.45. The third kappa shape index (κ3) is 5.10. The summed E-state index contributed by atoms with van der Waals surface area (Å²) < 4.78 is 0. The van der Waals surface area contributed by atoms with Gasteiger partial charge in [-0.15, -0.1) is 0 Å². The van der Waals surface area contributed by atoms with Crippen molar-refractivity contribution in [3.05, 3.63) is 35.4 Å². The number of fused-ring (bicyclic) bond motifs is 1. The lowest BCUT2D eigenvalue weighted by Gasteiger charge is -2.10. The van der Waals surface area contributed by atoms with E-state index in [2.05, 4.69) is 34.9 Å². The van der Waals surface area contributed by atoms with Gasteiger partial charge in [-0.1, -0.05) is 24.3 Å². The van der Waals surface area contributed by atoms with Gasteiger partial charge in [-0.05, 0) is 42.7 Å². The van der Waals surface area contributed by atoms with Gasteiger partial charge in [-0.2, -0.15) is 0 Å². The number of amides is 2. The van der Waals surface area contributed by atoms with E-state index in [4.69, 9.17) is 5.11 Å². The molecule has 1 aliphatic carbocycles. The van der Waals surface area contributed by atoms with E-state index in [0.717, 1.165) is 19.3 Å². The summed E-state index contributed by atoms with van der Waals surface area (Å²) in [5.41, 5.74) is 2.86. The van der Waals surface area contributed by atoms with Crippen LogP contribution in [-0.2, 0) is 17.6 Å². The Morgan fingerprint density at radius 3 is 2.33 bits per heavy atom. The van der Waals surface area contributed by atoms with Crippen LogP contribution in [0.4, 0.5) is 4.79 Å². The van der Waals surface area contributed by atoms with Crippen molar-refractivity contribution in [3.8, 4) is 0 Å². The minimum atomic E-state index is -0.835. The number of benzene rings is 1. The molecule has 0 spiro atoms. The van der Waals surface area contributed by atoms with Gasteiger partial charge in [-0.25, -0.2) is 4.79 Å². The molecular formula is C16H22N2O3. The van der Waals surface area contributed by atoms with Gasteiger partial charge in [0.25, 0.3) is 0 Å². The van der Waals surface area contributed by atoms with Gasteiger partial charge in [0.2, 0.25) is 0 Å². The molecule has 2 amide bonds. The van der Waals surface area contributed by atoms with E-state index in [9.17, 15) is 9.59 Å². The molecule has 0 bridgehead atoms. The van der Waals surface area contributed by atoms with Crippen molar-refractivity contribution >= 4 is 12.0 Å². The molecule has 0 radical (unpaired) electrons. The normalized spacial score (nSPS) is 13.7. The van der Waals surface area contributed by atoms with Crippen LogP contribution in [0, 0.1) is 5.92 Å². The Morgan fingerprint density at radius 1 is 1.10 bits per heavy atom. The van der Waals surface area contributed by atoms with Crippen LogP contribution in [0.2, 0.25) is 0 Å². The number of nitrogens with one attached hydrogen (secondary N) is 2. The second-order valence-electron chi connectivity index (χ2n) is 5.51. The maximum absolute atomic E-state index is 11.5. The Morgan fingerprint density at radius 2 is 1.71 bits per heavy atom. The third-order valence-electron chi connectivity index (χ3n) is 3.83. The predicted octanol–water partition coefficient (Wildman–Crippen LogP) is 1.96. The average molecular weight is 290 g/mol. The molecule has 0 heterocycles. The number of carbonyl (C=O) groups is 2. The van der Waals surface area contributed by atoms with E-state index in [1.807, 2.05) is 0 Å². The van der Waals surface area contributed by atoms with Crippen LogP contribution in [0.1, 0.15) is 30.4 Å². The van der Waals surface area contributed by atoms with Gasteiger partial charge in [0, 0.05) is 19.5 Å². The molecule has 0 saturated heterocycles. The number of hydrogen-bond acceptors (Lipinski definition) is 2. The standard InChI is InChI=1S/C16H22N2O3/c19-15(20)6-3-8-17-16(21)18-9-7-12-10-13-4-1-2-5-14(13)11-12/h1-2,4-5,12H,3,6-11H2,(H,19,20)(H2,17,18,21). The molecule has 0 aliphatic heterocycles. The summed E-state index contributed by atoms with van der Waals surface area (Å²) in [4.78, 5) is 21.8. The highest BCUT2D eigenvalue weighted by atomic mass is 16.4. The third-order valence-corrected chi connectivity index (χ3v) is 3.83. The van der Waals surface area contributed by atoms with Crippen LogP contribution in [0.25, 0.3) is 0 Å². The van der Waals surface area contributed by atoms with Gasteiger partial charge in [0.15, 0.2) is 0 Å². The maximum atomic E-state index is 11.5.